The number of carbonyl (C=O) groups excluding carboxylic acids is 1. The number of amides is 1. The van der Waals surface area contributed by atoms with Gasteiger partial charge >= 0.3 is 0 Å². The van der Waals surface area contributed by atoms with Gasteiger partial charge in [-0.25, -0.2) is 9.37 Å². The molecule has 0 aliphatic heterocycles. The summed E-state index contributed by atoms with van der Waals surface area (Å²) in [6.45, 7) is 7.08. The van der Waals surface area contributed by atoms with Crippen LogP contribution in [0, 0.1) is 5.92 Å². The number of rotatable bonds is 9. The van der Waals surface area contributed by atoms with E-state index in [1.54, 1.807) is 19.9 Å². The van der Waals surface area contributed by atoms with Gasteiger partial charge in [-0.3, -0.25) is 4.79 Å². The third kappa shape index (κ3) is 5.86. The molecule has 8 nitrogen and oxygen atoms in total. The summed E-state index contributed by atoms with van der Waals surface area (Å²) < 4.78 is 22.5. The number of aromatic nitrogens is 3. The van der Waals surface area contributed by atoms with Crippen LogP contribution in [0.4, 0.5) is 21.6 Å². The molecule has 0 saturated heterocycles. The minimum Gasteiger partial charge on any atom is -0.390 e. The van der Waals surface area contributed by atoms with Crippen LogP contribution in [0.3, 0.4) is 0 Å². The van der Waals surface area contributed by atoms with E-state index in [0.717, 1.165) is 28.4 Å². The van der Waals surface area contributed by atoms with Crippen LogP contribution in [0.2, 0.25) is 0 Å². The Hall–Kier alpha value is -2.85. The van der Waals surface area contributed by atoms with Crippen LogP contribution in [0.1, 0.15) is 38.1 Å². The molecular formula is C21H27FN6O2S. The molecule has 166 valence electrons. The van der Waals surface area contributed by atoms with Gasteiger partial charge in [-0.1, -0.05) is 13.8 Å². The van der Waals surface area contributed by atoms with Gasteiger partial charge in [0.1, 0.15) is 23.0 Å². The largest absolute Gasteiger partial charge is 0.390 e. The lowest BCUT2D eigenvalue weighted by atomic mass is 10.0. The molecule has 0 radical (unpaired) electrons. The molecule has 3 aromatic rings. The summed E-state index contributed by atoms with van der Waals surface area (Å²) in [5.74, 6) is -0.159. The standard InChI is InChI=1S/C21H27FN6O2S/c1-11(2)20(29)15(22)10-24-21(30)14-9-23-19(8-17(14)25-12(3)4)26-13-5-6-16-18(7-13)28-31-27-16/h5-9,11-12,15,20,29H,10H2,1-4H3,(H,24,30)(H2,23,25,26)/t15-,20?/m1/s1. The van der Waals surface area contributed by atoms with Crippen LogP contribution in [0.5, 0.6) is 0 Å². The van der Waals surface area contributed by atoms with E-state index in [1.165, 1.54) is 6.20 Å². The summed E-state index contributed by atoms with van der Waals surface area (Å²) in [4.78, 5) is 17.0. The van der Waals surface area contributed by atoms with Gasteiger partial charge in [0.2, 0.25) is 0 Å². The van der Waals surface area contributed by atoms with Crippen molar-refractivity contribution in [2.24, 2.45) is 5.92 Å². The Labute approximate surface area is 184 Å². The van der Waals surface area contributed by atoms with E-state index < -0.39 is 18.2 Å². The number of halogens is 1. The number of fused-ring (bicyclic) bond motifs is 1. The SMILES string of the molecule is CC(C)Nc1cc(Nc2ccc3nsnc3c2)ncc1C(=O)NC[C@@H](F)C(O)C(C)C. The van der Waals surface area contributed by atoms with E-state index in [4.69, 9.17) is 0 Å². The normalized spacial score (nSPS) is 13.4. The summed E-state index contributed by atoms with van der Waals surface area (Å²) in [6, 6.07) is 7.42. The molecule has 0 aliphatic rings. The van der Waals surface area contributed by atoms with Crippen molar-refractivity contribution in [1.82, 2.24) is 19.0 Å². The summed E-state index contributed by atoms with van der Waals surface area (Å²) in [6.07, 6.45) is -1.24. The van der Waals surface area contributed by atoms with Gasteiger partial charge in [0.05, 0.1) is 35.6 Å². The maximum atomic E-state index is 14.1. The van der Waals surface area contributed by atoms with Crippen molar-refractivity contribution in [3.8, 4) is 0 Å². The van der Waals surface area contributed by atoms with Gasteiger partial charge in [-0.2, -0.15) is 8.75 Å². The number of pyridine rings is 1. The lowest BCUT2D eigenvalue weighted by Gasteiger charge is -2.20. The molecule has 1 unspecified atom stereocenters. The quantitative estimate of drug-likeness (QED) is 0.396. The van der Waals surface area contributed by atoms with Crippen molar-refractivity contribution in [2.45, 2.75) is 46.0 Å². The van der Waals surface area contributed by atoms with Gasteiger partial charge in [-0.05, 0) is 38.0 Å². The molecule has 4 N–H and O–H groups in total. The monoisotopic (exact) mass is 446 g/mol. The first-order chi connectivity index (χ1) is 14.7. The van der Waals surface area contributed by atoms with Crippen LogP contribution in [0.15, 0.2) is 30.5 Å². The number of nitrogens with one attached hydrogen (secondary N) is 3. The van der Waals surface area contributed by atoms with E-state index in [1.807, 2.05) is 32.0 Å². The Bertz CT molecular complexity index is 1040. The fourth-order valence-corrected chi connectivity index (χ4v) is 3.48. The second-order valence-corrected chi connectivity index (χ2v) is 8.50. The zero-order valence-corrected chi connectivity index (χ0v) is 18.7. The number of anilines is 3. The van der Waals surface area contributed by atoms with Crippen molar-refractivity contribution < 1.29 is 14.3 Å². The highest BCUT2D eigenvalue weighted by Gasteiger charge is 2.23. The average Bonchev–Trinajstić information content (AvgIpc) is 3.18. The highest BCUT2D eigenvalue weighted by Crippen LogP contribution is 2.24. The molecule has 1 aromatic carbocycles. The van der Waals surface area contributed by atoms with Gasteiger partial charge < -0.3 is 21.1 Å². The number of nitrogens with zero attached hydrogens (tertiary/aromatic N) is 3. The molecule has 0 saturated carbocycles. The zero-order chi connectivity index (χ0) is 22.5. The summed E-state index contributed by atoms with van der Waals surface area (Å²) >= 11 is 1.15. The van der Waals surface area contributed by atoms with Crippen LogP contribution < -0.4 is 16.0 Å². The molecule has 2 heterocycles. The minimum absolute atomic E-state index is 0.0657. The first-order valence-electron chi connectivity index (χ1n) is 10.1. The number of hydrogen-bond acceptors (Lipinski definition) is 8. The lowest BCUT2D eigenvalue weighted by molar-refractivity contribution is 0.0406. The molecule has 31 heavy (non-hydrogen) atoms. The third-order valence-corrected chi connectivity index (χ3v) is 5.19. The van der Waals surface area contributed by atoms with Crippen molar-refractivity contribution in [3.63, 3.8) is 0 Å². The topological polar surface area (TPSA) is 112 Å². The van der Waals surface area contributed by atoms with E-state index in [2.05, 4.69) is 29.7 Å². The van der Waals surface area contributed by atoms with Gasteiger partial charge in [-0.15, -0.1) is 0 Å². The molecule has 2 atom stereocenters. The van der Waals surface area contributed by atoms with E-state index in [9.17, 15) is 14.3 Å². The highest BCUT2D eigenvalue weighted by atomic mass is 32.1. The predicted molar refractivity (Wildman–Crippen MR) is 122 cm³/mol. The predicted octanol–water partition coefficient (Wildman–Crippen LogP) is 3.74. The molecule has 0 bridgehead atoms. The van der Waals surface area contributed by atoms with E-state index in [-0.39, 0.29) is 18.5 Å². The average molecular weight is 447 g/mol. The Morgan fingerprint density at radius 2 is 1.90 bits per heavy atom. The van der Waals surface area contributed by atoms with E-state index >= 15 is 0 Å². The van der Waals surface area contributed by atoms with Gasteiger partial charge in [0.15, 0.2) is 0 Å². The Morgan fingerprint density at radius 3 is 2.61 bits per heavy atom. The molecule has 2 aromatic heterocycles. The molecule has 10 heteroatoms. The Kier molecular flexibility index (Phi) is 7.34. The maximum Gasteiger partial charge on any atom is 0.255 e. The van der Waals surface area contributed by atoms with Crippen molar-refractivity contribution in [3.05, 3.63) is 36.0 Å². The van der Waals surface area contributed by atoms with Gasteiger partial charge in [0.25, 0.3) is 5.91 Å². The van der Waals surface area contributed by atoms with Crippen molar-refractivity contribution >= 4 is 45.9 Å². The fraction of sp³-hybridized carbons (Fsp3) is 0.429. The fourth-order valence-electron chi connectivity index (χ4n) is 2.97. The number of alkyl halides is 1. The smallest absolute Gasteiger partial charge is 0.255 e. The number of carbonyl (C=O) groups is 1. The van der Waals surface area contributed by atoms with Crippen LogP contribution in [-0.4, -0.2) is 49.6 Å². The highest BCUT2D eigenvalue weighted by molar-refractivity contribution is 7.00. The summed E-state index contributed by atoms with van der Waals surface area (Å²) in [7, 11) is 0. The van der Waals surface area contributed by atoms with E-state index in [0.29, 0.717) is 17.1 Å². The van der Waals surface area contributed by atoms with Crippen molar-refractivity contribution in [1.29, 1.82) is 0 Å². The molecule has 1 amide bonds. The summed E-state index contributed by atoms with van der Waals surface area (Å²) in [5, 5.41) is 18.8. The van der Waals surface area contributed by atoms with Crippen LogP contribution in [0.25, 0.3) is 11.0 Å². The van der Waals surface area contributed by atoms with Gasteiger partial charge in [0, 0.05) is 24.0 Å². The molecule has 0 aliphatic carbocycles. The second kappa shape index (κ2) is 9.97. The molecular weight excluding hydrogens is 419 g/mol. The number of benzene rings is 1. The molecule has 3 rings (SSSR count). The Balaban J connectivity index is 1.76. The van der Waals surface area contributed by atoms with Crippen LogP contribution in [-0.2, 0) is 0 Å². The minimum atomic E-state index is -1.55. The first kappa shape index (κ1) is 22.8. The van der Waals surface area contributed by atoms with Crippen molar-refractivity contribution in [2.75, 3.05) is 17.2 Å². The molecule has 0 fully saturated rings. The maximum absolute atomic E-state index is 14.1. The number of aliphatic hydroxyl groups excluding tert-OH is 1. The Morgan fingerprint density at radius 1 is 1.16 bits per heavy atom. The molecule has 0 spiro atoms. The zero-order valence-electron chi connectivity index (χ0n) is 17.9. The summed E-state index contributed by atoms with van der Waals surface area (Å²) in [5.41, 5.74) is 3.27. The number of hydrogen-bond donors (Lipinski definition) is 4. The third-order valence-electron chi connectivity index (χ3n) is 4.63. The van der Waals surface area contributed by atoms with Crippen LogP contribution >= 0.6 is 11.7 Å². The second-order valence-electron chi connectivity index (χ2n) is 7.97. The lowest BCUT2D eigenvalue weighted by Crippen LogP contribution is -2.39. The number of aliphatic hydroxyl groups is 1. The first-order valence-corrected chi connectivity index (χ1v) is 10.8.